The maximum Gasteiger partial charge on any atom is 0.337 e. The number of pyridine rings is 1. The van der Waals surface area contributed by atoms with Crippen molar-refractivity contribution in [3.8, 4) is 0 Å². The van der Waals surface area contributed by atoms with Crippen molar-refractivity contribution in [1.29, 1.82) is 0 Å². The van der Waals surface area contributed by atoms with Crippen LogP contribution in [0.1, 0.15) is 35.8 Å². The highest BCUT2D eigenvalue weighted by molar-refractivity contribution is 5.89. The summed E-state index contributed by atoms with van der Waals surface area (Å²) in [4.78, 5) is 15.1. The average Bonchev–Trinajstić information content (AvgIpc) is 2.81. The van der Waals surface area contributed by atoms with Gasteiger partial charge in [0.05, 0.1) is 23.4 Å². The van der Waals surface area contributed by atoms with Crippen LogP contribution in [-0.4, -0.2) is 34.8 Å². The number of hydrogen-bond donors (Lipinski definition) is 2. The fourth-order valence-corrected chi connectivity index (χ4v) is 2.19. The zero-order chi connectivity index (χ0) is 13.1. The Hall–Kier alpha value is -1.62. The first-order chi connectivity index (χ1) is 8.58. The summed E-state index contributed by atoms with van der Waals surface area (Å²) in [5.41, 5.74) is 0.761. The topological polar surface area (TPSA) is 71.5 Å². The number of aromatic nitrogens is 1. The number of rotatable bonds is 4. The number of ether oxygens (including phenoxy) is 1. The first-order valence-corrected chi connectivity index (χ1v) is 6.17. The van der Waals surface area contributed by atoms with Gasteiger partial charge in [-0.15, -0.1) is 0 Å². The van der Waals surface area contributed by atoms with Crippen LogP contribution in [-0.2, 0) is 4.74 Å². The van der Waals surface area contributed by atoms with Crippen LogP contribution >= 0.6 is 0 Å². The maximum atomic E-state index is 10.9. The Morgan fingerprint density at radius 1 is 1.61 bits per heavy atom. The fourth-order valence-electron chi connectivity index (χ4n) is 2.19. The van der Waals surface area contributed by atoms with E-state index in [9.17, 15) is 4.79 Å². The number of anilines is 1. The van der Waals surface area contributed by atoms with E-state index in [1.54, 1.807) is 19.1 Å². The van der Waals surface area contributed by atoms with Gasteiger partial charge >= 0.3 is 5.97 Å². The molecule has 2 unspecified atom stereocenters. The lowest BCUT2D eigenvalue weighted by Gasteiger charge is -2.20. The van der Waals surface area contributed by atoms with Gasteiger partial charge in [-0.05, 0) is 38.8 Å². The Morgan fingerprint density at radius 2 is 2.39 bits per heavy atom. The van der Waals surface area contributed by atoms with Crippen LogP contribution in [0, 0.1) is 6.92 Å². The first-order valence-electron chi connectivity index (χ1n) is 6.17. The molecule has 1 aliphatic heterocycles. The van der Waals surface area contributed by atoms with Gasteiger partial charge in [0, 0.05) is 6.61 Å². The van der Waals surface area contributed by atoms with Crippen molar-refractivity contribution in [1.82, 2.24) is 4.98 Å². The summed E-state index contributed by atoms with van der Waals surface area (Å²) in [6.07, 6.45) is 2.37. The van der Waals surface area contributed by atoms with Crippen molar-refractivity contribution in [2.24, 2.45) is 0 Å². The zero-order valence-electron chi connectivity index (χ0n) is 10.6. The average molecular weight is 250 g/mol. The first kappa shape index (κ1) is 12.8. The molecule has 0 aromatic carbocycles. The van der Waals surface area contributed by atoms with Crippen molar-refractivity contribution >= 4 is 11.8 Å². The van der Waals surface area contributed by atoms with Crippen molar-refractivity contribution < 1.29 is 14.6 Å². The second-order valence-corrected chi connectivity index (χ2v) is 4.62. The molecule has 1 saturated heterocycles. The second kappa shape index (κ2) is 5.35. The standard InChI is InChI=1S/C13H18N2O3/c1-8-10(13(16)17)5-6-12(14-8)15-9(2)11-4-3-7-18-11/h5-6,9,11H,3-4,7H2,1-2H3,(H,14,15)(H,16,17). The smallest absolute Gasteiger partial charge is 0.337 e. The van der Waals surface area contributed by atoms with E-state index in [0.717, 1.165) is 19.4 Å². The largest absolute Gasteiger partial charge is 0.478 e. The summed E-state index contributed by atoms with van der Waals surface area (Å²) in [6, 6.07) is 3.45. The molecule has 2 N–H and O–H groups in total. The van der Waals surface area contributed by atoms with Gasteiger partial charge < -0.3 is 15.2 Å². The highest BCUT2D eigenvalue weighted by Gasteiger charge is 2.22. The Morgan fingerprint density at radius 3 is 2.94 bits per heavy atom. The molecule has 0 radical (unpaired) electrons. The van der Waals surface area contributed by atoms with Crippen molar-refractivity contribution in [3.63, 3.8) is 0 Å². The maximum absolute atomic E-state index is 10.9. The van der Waals surface area contributed by atoms with Gasteiger partial charge in [0.1, 0.15) is 5.82 Å². The van der Waals surface area contributed by atoms with Crippen LogP contribution < -0.4 is 5.32 Å². The summed E-state index contributed by atoms with van der Waals surface area (Å²) in [5.74, 6) is -0.251. The van der Waals surface area contributed by atoms with E-state index < -0.39 is 5.97 Å². The molecule has 2 heterocycles. The highest BCUT2D eigenvalue weighted by Crippen LogP contribution is 2.19. The number of carboxylic acid groups (broad SMARTS) is 1. The van der Waals surface area contributed by atoms with Gasteiger partial charge in [-0.1, -0.05) is 0 Å². The van der Waals surface area contributed by atoms with E-state index in [4.69, 9.17) is 9.84 Å². The third-order valence-corrected chi connectivity index (χ3v) is 3.21. The summed E-state index contributed by atoms with van der Waals surface area (Å²) >= 11 is 0. The Balaban J connectivity index is 2.05. The number of carboxylic acids is 1. The van der Waals surface area contributed by atoms with E-state index in [1.807, 2.05) is 0 Å². The Bertz CT molecular complexity index is 442. The number of aryl methyl sites for hydroxylation is 1. The van der Waals surface area contributed by atoms with Gasteiger partial charge in [0.25, 0.3) is 0 Å². The number of nitrogens with zero attached hydrogens (tertiary/aromatic N) is 1. The van der Waals surface area contributed by atoms with Gasteiger partial charge in [0.2, 0.25) is 0 Å². The lowest BCUT2D eigenvalue weighted by atomic mass is 10.1. The minimum atomic E-state index is -0.946. The Labute approximate surface area is 106 Å². The molecule has 18 heavy (non-hydrogen) atoms. The number of hydrogen-bond acceptors (Lipinski definition) is 4. The summed E-state index contributed by atoms with van der Waals surface area (Å²) in [6.45, 7) is 4.57. The van der Waals surface area contributed by atoms with Crippen LogP contribution in [0.15, 0.2) is 12.1 Å². The fraction of sp³-hybridized carbons (Fsp3) is 0.538. The van der Waals surface area contributed by atoms with Crippen LogP contribution in [0.2, 0.25) is 0 Å². The highest BCUT2D eigenvalue weighted by atomic mass is 16.5. The van der Waals surface area contributed by atoms with Gasteiger partial charge in [-0.2, -0.15) is 0 Å². The molecule has 5 heteroatoms. The minimum Gasteiger partial charge on any atom is -0.478 e. The normalized spacial score (nSPS) is 20.7. The quantitative estimate of drug-likeness (QED) is 0.856. The molecule has 0 saturated carbocycles. The minimum absolute atomic E-state index is 0.176. The molecule has 0 amide bonds. The molecule has 0 spiro atoms. The zero-order valence-corrected chi connectivity index (χ0v) is 10.6. The van der Waals surface area contributed by atoms with E-state index in [-0.39, 0.29) is 17.7 Å². The van der Waals surface area contributed by atoms with Gasteiger partial charge in [0.15, 0.2) is 0 Å². The third kappa shape index (κ3) is 2.79. The molecule has 1 fully saturated rings. The number of carbonyl (C=O) groups is 1. The van der Waals surface area contributed by atoms with Crippen LogP contribution in [0.5, 0.6) is 0 Å². The van der Waals surface area contributed by atoms with Crippen molar-refractivity contribution in [2.45, 2.75) is 38.8 Å². The molecule has 98 valence electrons. The third-order valence-electron chi connectivity index (χ3n) is 3.21. The molecule has 0 bridgehead atoms. The van der Waals surface area contributed by atoms with Crippen LogP contribution in [0.3, 0.4) is 0 Å². The van der Waals surface area contributed by atoms with Gasteiger partial charge in [-0.25, -0.2) is 9.78 Å². The molecular weight excluding hydrogens is 232 g/mol. The predicted octanol–water partition coefficient (Wildman–Crippen LogP) is 2.07. The molecule has 1 aromatic rings. The molecule has 1 aliphatic rings. The second-order valence-electron chi connectivity index (χ2n) is 4.62. The molecule has 0 aliphatic carbocycles. The van der Waals surface area contributed by atoms with E-state index >= 15 is 0 Å². The van der Waals surface area contributed by atoms with Crippen LogP contribution in [0.4, 0.5) is 5.82 Å². The van der Waals surface area contributed by atoms with E-state index in [0.29, 0.717) is 11.5 Å². The van der Waals surface area contributed by atoms with Crippen molar-refractivity contribution in [3.05, 3.63) is 23.4 Å². The summed E-state index contributed by atoms with van der Waals surface area (Å²) < 4.78 is 5.59. The molecule has 5 nitrogen and oxygen atoms in total. The van der Waals surface area contributed by atoms with E-state index in [1.165, 1.54) is 0 Å². The number of aromatic carboxylic acids is 1. The van der Waals surface area contributed by atoms with Gasteiger partial charge in [-0.3, -0.25) is 0 Å². The monoisotopic (exact) mass is 250 g/mol. The molecule has 1 aromatic heterocycles. The predicted molar refractivity (Wildman–Crippen MR) is 68.0 cm³/mol. The summed E-state index contributed by atoms with van der Waals surface area (Å²) in [5, 5.41) is 12.2. The molecular formula is C13H18N2O3. The van der Waals surface area contributed by atoms with Crippen molar-refractivity contribution in [2.75, 3.05) is 11.9 Å². The lowest BCUT2D eigenvalue weighted by molar-refractivity contribution is 0.0695. The number of nitrogens with one attached hydrogen (secondary N) is 1. The lowest BCUT2D eigenvalue weighted by Crippen LogP contribution is -2.30. The molecule has 2 atom stereocenters. The SMILES string of the molecule is Cc1nc(NC(C)C2CCCO2)ccc1C(=O)O. The van der Waals surface area contributed by atoms with Crippen LogP contribution in [0.25, 0.3) is 0 Å². The summed E-state index contributed by atoms with van der Waals surface area (Å²) in [7, 11) is 0. The Kier molecular flexibility index (Phi) is 3.81. The van der Waals surface area contributed by atoms with E-state index in [2.05, 4.69) is 17.2 Å². The molecule has 2 rings (SSSR count).